The molecule has 100 valence electrons. The smallest absolute Gasteiger partial charge is 0.248 e. The lowest BCUT2D eigenvalue weighted by atomic mass is 10.1. The Morgan fingerprint density at radius 2 is 1.94 bits per heavy atom. The fourth-order valence-electron chi connectivity index (χ4n) is 1.41. The zero-order valence-corrected chi connectivity index (χ0v) is 11.0. The Morgan fingerprint density at radius 3 is 2.56 bits per heavy atom. The van der Waals surface area contributed by atoms with Gasteiger partial charge >= 0.3 is 0 Å². The van der Waals surface area contributed by atoms with Crippen molar-refractivity contribution < 1.29 is 9.00 Å². The van der Waals surface area contributed by atoms with Crippen molar-refractivity contribution in [2.45, 2.75) is 30.2 Å². The minimum absolute atomic E-state index is 0.394. The van der Waals surface area contributed by atoms with Crippen LogP contribution in [0.15, 0.2) is 35.2 Å². The first-order valence-electron chi connectivity index (χ1n) is 5.88. The maximum Gasteiger partial charge on any atom is 0.248 e. The fourth-order valence-corrected chi connectivity index (χ4v) is 2.27. The Labute approximate surface area is 110 Å². The van der Waals surface area contributed by atoms with Crippen molar-refractivity contribution in [2.24, 2.45) is 11.5 Å². The minimum atomic E-state index is -1.55. The maximum atomic E-state index is 11.8. The molecule has 1 amide bonds. The quantitative estimate of drug-likeness (QED) is 0.619. The van der Waals surface area contributed by atoms with Crippen LogP contribution in [0.3, 0.4) is 0 Å². The van der Waals surface area contributed by atoms with Gasteiger partial charge in [-0.1, -0.05) is 24.6 Å². The molecule has 0 aliphatic carbocycles. The molecule has 6 heteroatoms. The van der Waals surface area contributed by atoms with Gasteiger partial charge < -0.3 is 11.5 Å². The monoisotopic (exact) mass is 269 g/mol. The molecule has 1 aromatic rings. The van der Waals surface area contributed by atoms with Crippen LogP contribution in [-0.4, -0.2) is 22.7 Å². The highest BCUT2D eigenvalue weighted by Gasteiger charge is 2.15. The van der Waals surface area contributed by atoms with Gasteiger partial charge in [-0.15, -0.1) is 0 Å². The SMILES string of the molecule is NCCCCC(N)C(=O)NS(=O)c1ccccc1. The van der Waals surface area contributed by atoms with Crippen LogP contribution in [0, 0.1) is 0 Å². The molecule has 0 bridgehead atoms. The number of rotatable bonds is 7. The summed E-state index contributed by atoms with van der Waals surface area (Å²) in [7, 11) is -1.55. The van der Waals surface area contributed by atoms with Gasteiger partial charge in [-0.25, -0.2) is 4.21 Å². The van der Waals surface area contributed by atoms with Crippen molar-refractivity contribution in [1.82, 2.24) is 4.72 Å². The molecule has 0 aliphatic heterocycles. The lowest BCUT2D eigenvalue weighted by Crippen LogP contribution is -2.41. The summed E-state index contributed by atoms with van der Waals surface area (Å²) in [5.41, 5.74) is 11.1. The van der Waals surface area contributed by atoms with E-state index < -0.39 is 22.9 Å². The number of unbranched alkanes of at least 4 members (excludes halogenated alkanes) is 1. The van der Waals surface area contributed by atoms with Gasteiger partial charge in [0.15, 0.2) is 11.0 Å². The summed E-state index contributed by atoms with van der Waals surface area (Å²) in [6, 6.07) is 8.10. The summed E-state index contributed by atoms with van der Waals surface area (Å²) in [5.74, 6) is -0.394. The van der Waals surface area contributed by atoms with E-state index in [4.69, 9.17) is 11.5 Å². The molecule has 0 radical (unpaired) electrons. The Balaban J connectivity index is 2.42. The molecule has 18 heavy (non-hydrogen) atoms. The molecule has 1 rings (SSSR count). The summed E-state index contributed by atoms with van der Waals surface area (Å²) in [5, 5.41) is 0. The van der Waals surface area contributed by atoms with Crippen LogP contribution < -0.4 is 16.2 Å². The van der Waals surface area contributed by atoms with Crippen LogP contribution >= 0.6 is 0 Å². The van der Waals surface area contributed by atoms with Gasteiger partial charge in [-0.3, -0.25) is 9.52 Å². The van der Waals surface area contributed by atoms with Crippen molar-refractivity contribution in [3.63, 3.8) is 0 Å². The van der Waals surface area contributed by atoms with Gasteiger partial charge in [0.1, 0.15) is 0 Å². The molecule has 1 aromatic carbocycles. The second-order valence-corrected chi connectivity index (χ2v) is 5.15. The first kappa shape index (κ1) is 14.8. The van der Waals surface area contributed by atoms with Crippen molar-refractivity contribution in [3.05, 3.63) is 30.3 Å². The largest absolute Gasteiger partial charge is 0.330 e. The van der Waals surface area contributed by atoms with Gasteiger partial charge in [-0.05, 0) is 31.5 Å². The van der Waals surface area contributed by atoms with Crippen LogP contribution in [0.1, 0.15) is 19.3 Å². The zero-order valence-electron chi connectivity index (χ0n) is 10.2. The van der Waals surface area contributed by atoms with E-state index in [1.807, 2.05) is 6.07 Å². The van der Waals surface area contributed by atoms with Crippen molar-refractivity contribution in [3.8, 4) is 0 Å². The third-order valence-corrected chi connectivity index (χ3v) is 3.54. The van der Waals surface area contributed by atoms with Gasteiger partial charge in [-0.2, -0.15) is 0 Å². The molecule has 2 atom stereocenters. The molecule has 0 aromatic heterocycles. The number of carbonyl (C=O) groups is 1. The third-order valence-electron chi connectivity index (χ3n) is 2.46. The third kappa shape index (κ3) is 4.95. The Kier molecular flexibility index (Phi) is 6.56. The normalized spacial score (nSPS) is 13.9. The topological polar surface area (TPSA) is 98.2 Å². The molecule has 0 spiro atoms. The molecule has 5 N–H and O–H groups in total. The predicted octanol–water partition coefficient (Wildman–Crippen LogP) is 0.282. The zero-order chi connectivity index (χ0) is 13.4. The predicted molar refractivity (Wildman–Crippen MR) is 71.9 cm³/mol. The van der Waals surface area contributed by atoms with E-state index in [2.05, 4.69) is 4.72 Å². The van der Waals surface area contributed by atoms with Crippen molar-refractivity contribution in [1.29, 1.82) is 0 Å². The molecular formula is C12H19N3O2S. The van der Waals surface area contributed by atoms with E-state index in [0.717, 1.165) is 12.8 Å². The van der Waals surface area contributed by atoms with E-state index in [9.17, 15) is 9.00 Å². The Bertz CT molecular complexity index is 398. The summed E-state index contributed by atoms with van der Waals surface area (Å²) >= 11 is 0. The highest BCUT2D eigenvalue weighted by molar-refractivity contribution is 7.83. The van der Waals surface area contributed by atoms with Crippen molar-refractivity contribution >= 4 is 16.9 Å². The molecule has 0 aliphatic rings. The van der Waals surface area contributed by atoms with Crippen LogP contribution in [0.5, 0.6) is 0 Å². The van der Waals surface area contributed by atoms with E-state index in [1.54, 1.807) is 24.3 Å². The molecular weight excluding hydrogens is 250 g/mol. The number of carbonyl (C=O) groups excluding carboxylic acids is 1. The van der Waals surface area contributed by atoms with Gasteiger partial charge in [0.25, 0.3) is 0 Å². The number of hydrogen-bond donors (Lipinski definition) is 3. The number of nitrogens with one attached hydrogen (secondary N) is 1. The number of nitrogens with two attached hydrogens (primary N) is 2. The maximum absolute atomic E-state index is 11.8. The molecule has 0 saturated carbocycles. The fraction of sp³-hybridized carbons (Fsp3) is 0.417. The lowest BCUT2D eigenvalue weighted by molar-refractivity contribution is -0.120. The molecule has 0 fully saturated rings. The first-order valence-corrected chi connectivity index (χ1v) is 7.03. The van der Waals surface area contributed by atoms with Gasteiger partial charge in [0.2, 0.25) is 5.91 Å². The second kappa shape index (κ2) is 7.97. The first-order chi connectivity index (χ1) is 8.65. The van der Waals surface area contributed by atoms with Gasteiger partial charge in [0.05, 0.1) is 10.9 Å². The summed E-state index contributed by atoms with van der Waals surface area (Å²) in [6.45, 7) is 0.588. The molecule has 0 heterocycles. The summed E-state index contributed by atoms with van der Waals surface area (Å²) < 4.78 is 14.2. The van der Waals surface area contributed by atoms with E-state index >= 15 is 0 Å². The second-order valence-electron chi connectivity index (χ2n) is 3.94. The summed E-state index contributed by atoms with van der Waals surface area (Å²) in [6.07, 6.45) is 2.18. The number of benzene rings is 1. The highest BCUT2D eigenvalue weighted by Crippen LogP contribution is 2.04. The van der Waals surface area contributed by atoms with E-state index in [1.165, 1.54) is 0 Å². The van der Waals surface area contributed by atoms with Crippen LogP contribution in [0.2, 0.25) is 0 Å². The average Bonchev–Trinajstić information content (AvgIpc) is 2.39. The number of hydrogen-bond acceptors (Lipinski definition) is 4. The lowest BCUT2D eigenvalue weighted by Gasteiger charge is -2.11. The van der Waals surface area contributed by atoms with E-state index in [-0.39, 0.29) is 0 Å². The van der Waals surface area contributed by atoms with Crippen molar-refractivity contribution in [2.75, 3.05) is 6.54 Å². The van der Waals surface area contributed by atoms with Crippen LogP contribution in [0.4, 0.5) is 0 Å². The number of amides is 1. The van der Waals surface area contributed by atoms with Crippen LogP contribution in [-0.2, 0) is 15.8 Å². The molecule has 5 nitrogen and oxygen atoms in total. The van der Waals surface area contributed by atoms with E-state index in [0.29, 0.717) is 17.9 Å². The average molecular weight is 269 g/mol. The Morgan fingerprint density at radius 1 is 1.28 bits per heavy atom. The highest BCUT2D eigenvalue weighted by atomic mass is 32.2. The summed E-state index contributed by atoms with van der Waals surface area (Å²) in [4.78, 5) is 12.2. The van der Waals surface area contributed by atoms with Crippen LogP contribution in [0.25, 0.3) is 0 Å². The molecule has 2 unspecified atom stereocenters. The molecule has 0 saturated heterocycles. The standard InChI is InChI=1S/C12H19N3O2S/c13-9-5-4-8-11(14)12(16)15-18(17)10-6-2-1-3-7-10/h1-3,6-7,11H,4-5,8-9,13-14H2,(H,15,16). The van der Waals surface area contributed by atoms with Gasteiger partial charge in [0, 0.05) is 0 Å². The Hall–Kier alpha value is -1.24. The minimum Gasteiger partial charge on any atom is -0.330 e.